The summed E-state index contributed by atoms with van der Waals surface area (Å²) in [6, 6.07) is 11.3. The number of aromatic nitrogens is 1. The number of pyridine rings is 1. The molecule has 0 atom stereocenters. The van der Waals surface area contributed by atoms with Gasteiger partial charge >= 0.3 is 0 Å². The van der Waals surface area contributed by atoms with Crippen molar-refractivity contribution >= 4 is 5.69 Å². The summed E-state index contributed by atoms with van der Waals surface area (Å²) in [6.07, 6.45) is 2.31. The molecule has 0 aliphatic heterocycles. The normalized spacial score (nSPS) is 9.78. The first-order chi connectivity index (χ1) is 8.74. The summed E-state index contributed by atoms with van der Waals surface area (Å²) < 4.78 is 5.69. The number of nitriles is 1. The molecule has 0 radical (unpaired) electrons. The minimum Gasteiger partial charge on any atom is -0.437 e. The molecular weight excluding hydrogens is 226 g/mol. The van der Waals surface area contributed by atoms with Crippen LogP contribution in [0.2, 0.25) is 0 Å². The molecule has 1 aromatic carbocycles. The Hall–Kier alpha value is -2.54. The van der Waals surface area contributed by atoms with Crippen molar-refractivity contribution in [3.8, 4) is 17.7 Å². The van der Waals surface area contributed by atoms with Crippen LogP contribution in [0.3, 0.4) is 0 Å². The lowest BCUT2D eigenvalue weighted by Gasteiger charge is -2.10. The topological polar surface area (TPSA) is 71.9 Å². The number of hydrogen-bond donors (Lipinski definition) is 1. The minimum absolute atomic E-state index is 0.329. The molecule has 2 rings (SSSR count). The Morgan fingerprint density at radius 2 is 2.17 bits per heavy atom. The molecule has 90 valence electrons. The van der Waals surface area contributed by atoms with E-state index in [1.807, 2.05) is 30.3 Å². The molecule has 0 aliphatic rings. The Bertz CT molecular complexity index is 602. The van der Waals surface area contributed by atoms with Gasteiger partial charge < -0.3 is 10.5 Å². The number of anilines is 1. The predicted molar refractivity (Wildman–Crippen MR) is 69.3 cm³/mol. The van der Waals surface area contributed by atoms with Crippen LogP contribution in [0.1, 0.15) is 18.1 Å². The lowest BCUT2D eigenvalue weighted by molar-refractivity contribution is 0.460. The smallest absolute Gasteiger partial charge is 0.242 e. The molecule has 1 heterocycles. The first-order valence-electron chi connectivity index (χ1n) is 5.66. The fourth-order valence-electron chi connectivity index (χ4n) is 1.62. The molecular formula is C14H13N3O. The highest BCUT2D eigenvalue weighted by atomic mass is 16.5. The summed E-state index contributed by atoms with van der Waals surface area (Å²) in [6.45, 7) is 2.05. The number of nitrogens with zero attached hydrogens (tertiary/aromatic N) is 2. The fourth-order valence-corrected chi connectivity index (χ4v) is 1.62. The highest BCUT2D eigenvalue weighted by molar-refractivity contribution is 5.53. The molecule has 18 heavy (non-hydrogen) atoms. The van der Waals surface area contributed by atoms with Crippen LogP contribution in [0.25, 0.3) is 0 Å². The van der Waals surface area contributed by atoms with E-state index in [0.29, 0.717) is 17.1 Å². The third kappa shape index (κ3) is 2.41. The minimum atomic E-state index is 0.329. The van der Waals surface area contributed by atoms with Crippen molar-refractivity contribution in [3.05, 3.63) is 47.7 Å². The van der Waals surface area contributed by atoms with Gasteiger partial charge in [0.2, 0.25) is 5.88 Å². The van der Waals surface area contributed by atoms with Gasteiger partial charge in [0, 0.05) is 6.20 Å². The van der Waals surface area contributed by atoms with Gasteiger partial charge in [-0.15, -0.1) is 0 Å². The van der Waals surface area contributed by atoms with Gasteiger partial charge in [-0.3, -0.25) is 0 Å². The maximum Gasteiger partial charge on any atom is 0.242 e. The number of aryl methyl sites for hydroxylation is 1. The Kier molecular flexibility index (Phi) is 3.44. The molecule has 0 saturated heterocycles. The fraction of sp³-hybridized carbons (Fsp3) is 0.143. The van der Waals surface area contributed by atoms with Crippen LogP contribution >= 0.6 is 0 Å². The summed E-state index contributed by atoms with van der Waals surface area (Å²) in [4.78, 5) is 4.05. The van der Waals surface area contributed by atoms with Crippen LogP contribution in [0.15, 0.2) is 36.5 Å². The van der Waals surface area contributed by atoms with Gasteiger partial charge in [-0.25, -0.2) is 4.98 Å². The van der Waals surface area contributed by atoms with Gasteiger partial charge in [0.1, 0.15) is 11.8 Å². The summed E-state index contributed by atoms with van der Waals surface area (Å²) in [5.41, 5.74) is 7.66. The van der Waals surface area contributed by atoms with E-state index >= 15 is 0 Å². The molecule has 0 unspecified atom stereocenters. The Morgan fingerprint density at radius 1 is 1.39 bits per heavy atom. The average molecular weight is 239 g/mol. The van der Waals surface area contributed by atoms with Crippen molar-refractivity contribution in [3.63, 3.8) is 0 Å². The molecule has 0 fully saturated rings. The number of nitrogen functional groups attached to an aromatic ring is 1. The highest BCUT2D eigenvalue weighted by Crippen LogP contribution is 2.28. The van der Waals surface area contributed by atoms with Crippen LogP contribution in [0.4, 0.5) is 5.69 Å². The molecule has 4 heteroatoms. The van der Waals surface area contributed by atoms with Gasteiger partial charge in [0.15, 0.2) is 0 Å². The zero-order valence-electron chi connectivity index (χ0n) is 10.1. The lowest BCUT2D eigenvalue weighted by Crippen LogP contribution is -1.97. The van der Waals surface area contributed by atoms with Crippen molar-refractivity contribution in [2.75, 3.05) is 5.73 Å². The van der Waals surface area contributed by atoms with Crippen molar-refractivity contribution in [1.82, 2.24) is 4.98 Å². The maximum atomic E-state index is 8.74. The maximum absolute atomic E-state index is 8.74. The number of para-hydroxylation sites is 1. The average Bonchev–Trinajstić information content (AvgIpc) is 2.41. The van der Waals surface area contributed by atoms with Crippen LogP contribution in [-0.4, -0.2) is 4.98 Å². The van der Waals surface area contributed by atoms with Gasteiger partial charge in [-0.2, -0.15) is 5.26 Å². The second-order valence-electron chi connectivity index (χ2n) is 3.79. The molecule has 4 nitrogen and oxygen atoms in total. The van der Waals surface area contributed by atoms with E-state index in [0.717, 1.165) is 17.7 Å². The summed E-state index contributed by atoms with van der Waals surface area (Å²) in [5, 5.41) is 8.74. The van der Waals surface area contributed by atoms with Crippen molar-refractivity contribution in [1.29, 1.82) is 5.26 Å². The van der Waals surface area contributed by atoms with E-state index < -0.39 is 0 Å². The lowest BCUT2D eigenvalue weighted by atomic mass is 10.1. The first kappa shape index (κ1) is 11.9. The summed E-state index contributed by atoms with van der Waals surface area (Å²) >= 11 is 0. The quantitative estimate of drug-likeness (QED) is 0.893. The Morgan fingerprint density at radius 3 is 2.83 bits per heavy atom. The number of hydrogen-bond acceptors (Lipinski definition) is 4. The van der Waals surface area contributed by atoms with Crippen molar-refractivity contribution in [2.24, 2.45) is 0 Å². The van der Waals surface area contributed by atoms with Gasteiger partial charge in [-0.1, -0.05) is 25.1 Å². The van der Waals surface area contributed by atoms with Gasteiger partial charge in [0.25, 0.3) is 0 Å². The first-order valence-corrected chi connectivity index (χ1v) is 5.66. The van der Waals surface area contributed by atoms with Crippen molar-refractivity contribution in [2.45, 2.75) is 13.3 Å². The van der Waals surface area contributed by atoms with Crippen LogP contribution in [-0.2, 0) is 6.42 Å². The zero-order chi connectivity index (χ0) is 13.0. The van der Waals surface area contributed by atoms with E-state index in [4.69, 9.17) is 15.7 Å². The largest absolute Gasteiger partial charge is 0.437 e. The van der Waals surface area contributed by atoms with Crippen LogP contribution in [0, 0.1) is 11.3 Å². The van der Waals surface area contributed by atoms with E-state index in [1.165, 1.54) is 6.20 Å². The summed E-state index contributed by atoms with van der Waals surface area (Å²) in [7, 11) is 0. The number of rotatable bonds is 3. The van der Waals surface area contributed by atoms with E-state index in [1.54, 1.807) is 6.07 Å². The van der Waals surface area contributed by atoms with Crippen LogP contribution in [0.5, 0.6) is 11.6 Å². The highest BCUT2D eigenvalue weighted by Gasteiger charge is 2.07. The zero-order valence-corrected chi connectivity index (χ0v) is 10.1. The predicted octanol–water partition coefficient (Wildman–Crippen LogP) is 2.89. The van der Waals surface area contributed by atoms with Gasteiger partial charge in [0.05, 0.1) is 11.3 Å². The second kappa shape index (κ2) is 5.19. The SMILES string of the molecule is CCc1ccccc1Oc1ncc(C#N)cc1N. The number of nitrogens with two attached hydrogens (primary N) is 1. The molecule has 0 saturated carbocycles. The Balaban J connectivity index is 2.32. The molecule has 0 aliphatic carbocycles. The number of benzene rings is 1. The van der Waals surface area contributed by atoms with Gasteiger partial charge in [-0.05, 0) is 24.1 Å². The number of ether oxygens (including phenoxy) is 1. The standard InChI is InChI=1S/C14H13N3O/c1-2-11-5-3-4-6-13(11)18-14-12(16)7-10(8-15)9-17-14/h3-7,9H,2,16H2,1H3. The van der Waals surface area contributed by atoms with Crippen molar-refractivity contribution < 1.29 is 4.74 Å². The molecule has 0 bridgehead atoms. The monoisotopic (exact) mass is 239 g/mol. The molecule has 2 aromatic rings. The molecule has 1 aromatic heterocycles. The van der Waals surface area contributed by atoms with E-state index in [2.05, 4.69) is 11.9 Å². The molecule has 0 amide bonds. The third-order valence-electron chi connectivity index (χ3n) is 2.57. The molecule has 2 N–H and O–H groups in total. The second-order valence-corrected chi connectivity index (χ2v) is 3.79. The van der Waals surface area contributed by atoms with Crippen LogP contribution < -0.4 is 10.5 Å². The Labute approximate surface area is 106 Å². The third-order valence-corrected chi connectivity index (χ3v) is 2.57. The summed E-state index contributed by atoms with van der Waals surface area (Å²) in [5.74, 6) is 1.07. The van der Waals surface area contributed by atoms with E-state index in [-0.39, 0.29) is 0 Å². The van der Waals surface area contributed by atoms with E-state index in [9.17, 15) is 0 Å². The molecule has 0 spiro atoms.